The summed E-state index contributed by atoms with van der Waals surface area (Å²) in [5.41, 5.74) is 0.646. The molecule has 0 amide bonds. The molecule has 3 rings (SSSR count). The van der Waals surface area contributed by atoms with Crippen LogP contribution in [0.5, 0.6) is 0 Å². The first kappa shape index (κ1) is 13.1. The number of morpholine rings is 1. The zero-order chi connectivity index (χ0) is 13.9. The highest BCUT2D eigenvalue weighted by Gasteiger charge is 2.15. The lowest BCUT2D eigenvalue weighted by molar-refractivity contribution is 0.0305. The smallest absolute Gasteiger partial charge is 0.177 e. The topological polar surface area (TPSA) is 51.4 Å². The number of hydrogen-bond acceptors (Lipinski definition) is 5. The van der Waals surface area contributed by atoms with E-state index < -0.39 is 11.6 Å². The molecule has 1 aliphatic heterocycles. The average Bonchev–Trinajstić information content (AvgIpc) is 2.91. The second-order valence-electron chi connectivity index (χ2n) is 4.55. The fraction of sp³-hybridized carbons (Fsp3) is 0.385. The van der Waals surface area contributed by atoms with Crippen molar-refractivity contribution in [3.8, 4) is 11.4 Å². The molecule has 0 spiro atoms. The number of hydrogen-bond donors (Lipinski definition) is 0. The van der Waals surface area contributed by atoms with E-state index in [1.807, 2.05) is 0 Å². The molecule has 3 heterocycles. The van der Waals surface area contributed by atoms with Crippen molar-refractivity contribution in [3.05, 3.63) is 35.7 Å². The zero-order valence-corrected chi connectivity index (χ0v) is 10.7. The summed E-state index contributed by atoms with van der Waals surface area (Å²) in [7, 11) is 0. The minimum absolute atomic E-state index is 0.251. The van der Waals surface area contributed by atoms with Crippen molar-refractivity contribution in [3.63, 3.8) is 0 Å². The zero-order valence-electron chi connectivity index (χ0n) is 10.7. The van der Waals surface area contributed by atoms with Crippen molar-refractivity contribution in [1.29, 1.82) is 0 Å². The number of aromatic nitrogens is 2. The maximum Gasteiger partial charge on any atom is 0.177 e. The fourth-order valence-electron chi connectivity index (χ4n) is 2.04. The highest BCUT2D eigenvalue weighted by Crippen LogP contribution is 2.19. The van der Waals surface area contributed by atoms with Crippen LogP contribution in [0.25, 0.3) is 11.4 Å². The van der Waals surface area contributed by atoms with Gasteiger partial charge < -0.3 is 9.26 Å². The lowest BCUT2D eigenvalue weighted by atomic mass is 10.2. The molecule has 0 N–H and O–H groups in total. The van der Waals surface area contributed by atoms with Crippen molar-refractivity contribution in [2.24, 2.45) is 0 Å². The van der Waals surface area contributed by atoms with Gasteiger partial charge in [0, 0.05) is 25.2 Å². The first-order valence-electron chi connectivity index (χ1n) is 6.29. The van der Waals surface area contributed by atoms with Gasteiger partial charge in [-0.15, -0.1) is 0 Å². The van der Waals surface area contributed by atoms with Gasteiger partial charge in [0.2, 0.25) is 0 Å². The Bertz CT molecular complexity index is 597. The monoisotopic (exact) mass is 281 g/mol. The van der Waals surface area contributed by atoms with Crippen LogP contribution in [0.1, 0.15) is 5.76 Å². The molecule has 0 aromatic carbocycles. The third-order valence-electron chi connectivity index (χ3n) is 3.11. The Labute approximate surface area is 114 Å². The van der Waals surface area contributed by atoms with E-state index in [9.17, 15) is 8.78 Å². The molecule has 1 saturated heterocycles. The molecule has 5 nitrogen and oxygen atoms in total. The van der Waals surface area contributed by atoms with E-state index in [0.29, 0.717) is 31.2 Å². The first-order chi connectivity index (χ1) is 9.72. The molecule has 20 heavy (non-hydrogen) atoms. The Kier molecular flexibility index (Phi) is 3.70. The van der Waals surface area contributed by atoms with Crippen LogP contribution < -0.4 is 0 Å². The molecule has 106 valence electrons. The summed E-state index contributed by atoms with van der Waals surface area (Å²) >= 11 is 0. The molecule has 7 heteroatoms. The van der Waals surface area contributed by atoms with Crippen LogP contribution in [-0.2, 0) is 11.3 Å². The third-order valence-corrected chi connectivity index (χ3v) is 3.11. The molecule has 0 aliphatic carbocycles. The van der Waals surface area contributed by atoms with E-state index in [1.54, 1.807) is 6.07 Å². The molecular weight excluding hydrogens is 268 g/mol. The largest absolute Gasteiger partial charge is 0.379 e. The van der Waals surface area contributed by atoms with Gasteiger partial charge >= 0.3 is 0 Å². The van der Waals surface area contributed by atoms with Gasteiger partial charge in [0.15, 0.2) is 17.4 Å². The van der Waals surface area contributed by atoms with E-state index in [2.05, 4.69) is 15.0 Å². The molecule has 2 aromatic heterocycles. The molecule has 1 fully saturated rings. The van der Waals surface area contributed by atoms with Crippen LogP contribution >= 0.6 is 0 Å². The number of rotatable bonds is 3. The average molecular weight is 281 g/mol. The third kappa shape index (κ3) is 2.83. The standard InChI is InChI=1S/C13H13F2N3O2/c14-10-6-12(16-7-11(10)15)13-5-9(20-17-13)8-18-1-3-19-4-2-18/h5-7H,1-4,8H2. The van der Waals surface area contributed by atoms with Gasteiger partial charge in [-0.05, 0) is 0 Å². The van der Waals surface area contributed by atoms with Gasteiger partial charge in [-0.1, -0.05) is 5.16 Å². The van der Waals surface area contributed by atoms with Gasteiger partial charge in [-0.2, -0.15) is 0 Å². The van der Waals surface area contributed by atoms with Crippen molar-refractivity contribution in [1.82, 2.24) is 15.0 Å². The summed E-state index contributed by atoms with van der Waals surface area (Å²) in [5.74, 6) is -1.27. The molecule has 0 unspecified atom stereocenters. The maximum atomic E-state index is 13.1. The molecule has 0 bridgehead atoms. The van der Waals surface area contributed by atoms with Gasteiger partial charge in [0.25, 0.3) is 0 Å². The van der Waals surface area contributed by atoms with Gasteiger partial charge in [-0.3, -0.25) is 9.88 Å². The Hall–Kier alpha value is -1.86. The van der Waals surface area contributed by atoms with E-state index in [-0.39, 0.29) is 5.69 Å². The molecule has 0 atom stereocenters. The summed E-state index contributed by atoms with van der Waals surface area (Å²) in [6.07, 6.45) is 0.834. The van der Waals surface area contributed by atoms with Crippen LogP contribution in [0.2, 0.25) is 0 Å². The first-order valence-corrected chi connectivity index (χ1v) is 6.29. The number of nitrogens with zero attached hydrogens (tertiary/aromatic N) is 3. The van der Waals surface area contributed by atoms with Gasteiger partial charge in [0.05, 0.1) is 31.6 Å². The molecule has 0 saturated carbocycles. The summed E-state index contributed by atoms with van der Waals surface area (Å²) in [4.78, 5) is 5.97. The van der Waals surface area contributed by atoms with E-state index >= 15 is 0 Å². The number of ether oxygens (including phenoxy) is 1. The molecule has 1 aliphatic rings. The van der Waals surface area contributed by atoms with E-state index in [0.717, 1.165) is 25.4 Å². The summed E-state index contributed by atoms with van der Waals surface area (Å²) in [5, 5.41) is 3.84. The highest BCUT2D eigenvalue weighted by atomic mass is 19.2. The van der Waals surface area contributed by atoms with Gasteiger partial charge in [-0.25, -0.2) is 8.78 Å². The van der Waals surface area contributed by atoms with Crippen molar-refractivity contribution in [2.45, 2.75) is 6.54 Å². The van der Waals surface area contributed by atoms with Crippen LogP contribution in [0.15, 0.2) is 22.9 Å². The minimum atomic E-state index is -0.981. The van der Waals surface area contributed by atoms with Crippen molar-refractivity contribution in [2.75, 3.05) is 26.3 Å². The number of halogens is 2. The quantitative estimate of drug-likeness (QED) is 0.859. The highest BCUT2D eigenvalue weighted by molar-refractivity contribution is 5.53. The van der Waals surface area contributed by atoms with Crippen LogP contribution in [0.4, 0.5) is 8.78 Å². The summed E-state index contributed by atoms with van der Waals surface area (Å²) in [6.45, 7) is 3.68. The Morgan fingerprint density at radius 1 is 1.10 bits per heavy atom. The number of pyridine rings is 1. The van der Waals surface area contributed by atoms with Crippen LogP contribution in [0.3, 0.4) is 0 Å². The van der Waals surface area contributed by atoms with Gasteiger partial charge in [0.1, 0.15) is 5.69 Å². The summed E-state index contributed by atoms with van der Waals surface area (Å²) < 4.78 is 36.4. The fourth-order valence-corrected chi connectivity index (χ4v) is 2.04. The second-order valence-corrected chi connectivity index (χ2v) is 4.55. The lowest BCUT2D eigenvalue weighted by Crippen LogP contribution is -2.35. The predicted molar refractivity (Wildman–Crippen MR) is 65.7 cm³/mol. The molecule has 0 radical (unpaired) electrons. The maximum absolute atomic E-state index is 13.1. The predicted octanol–water partition coefficient (Wildman–Crippen LogP) is 1.85. The molecular formula is C13H13F2N3O2. The Balaban J connectivity index is 1.73. The Morgan fingerprint density at radius 2 is 1.90 bits per heavy atom. The van der Waals surface area contributed by atoms with Crippen molar-refractivity contribution < 1.29 is 18.0 Å². The Morgan fingerprint density at radius 3 is 2.65 bits per heavy atom. The SMILES string of the molecule is Fc1cnc(-c2cc(CN3CCOCC3)on2)cc1F. The van der Waals surface area contributed by atoms with Crippen molar-refractivity contribution >= 4 is 0 Å². The van der Waals surface area contributed by atoms with Crippen LogP contribution in [-0.4, -0.2) is 41.3 Å². The normalized spacial score (nSPS) is 16.5. The molecule has 2 aromatic rings. The van der Waals surface area contributed by atoms with E-state index in [4.69, 9.17) is 9.26 Å². The van der Waals surface area contributed by atoms with Crippen LogP contribution in [0, 0.1) is 11.6 Å². The minimum Gasteiger partial charge on any atom is -0.379 e. The second kappa shape index (κ2) is 5.64. The summed E-state index contributed by atoms with van der Waals surface area (Å²) in [6, 6.07) is 2.70. The lowest BCUT2D eigenvalue weighted by Gasteiger charge is -2.25. The van der Waals surface area contributed by atoms with E-state index in [1.165, 1.54) is 0 Å².